The van der Waals surface area contributed by atoms with Crippen molar-refractivity contribution in [1.29, 1.82) is 0 Å². The highest BCUT2D eigenvalue weighted by Crippen LogP contribution is 2.37. The third-order valence-electron chi connectivity index (χ3n) is 6.04. The molecule has 0 radical (unpaired) electrons. The Kier molecular flexibility index (Phi) is 5.84. The zero-order chi connectivity index (χ0) is 19.3. The molecule has 1 unspecified atom stereocenters. The van der Waals surface area contributed by atoms with Gasteiger partial charge in [-0.25, -0.2) is 0 Å². The van der Waals surface area contributed by atoms with E-state index in [2.05, 4.69) is 29.6 Å². The predicted octanol–water partition coefficient (Wildman–Crippen LogP) is 4.48. The van der Waals surface area contributed by atoms with Crippen LogP contribution in [0.25, 0.3) is 0 Å². The number of carbonyl (C=O) groups is 1. The van der Waals surface area contributed by atoms with Gasteiger partial charge in [0.2, 0.25) is 5.91 Å². The molecule has 1 aliphatic carbocycles. The molecule has 1 saturated heterocycles. The van der Waals surface area contributed by atoms with Gasteiger partial charge in [-0.1, -0.05) is 36.4 Å². The van der Waals surface area contributed by atoms with Gasteiger partial charge < -0.3 is 14.8 Å². The molecule has 0 aromatic heterocycles. The lowest BCUT2D eigenvalue weighted by molar-refractivity contribution is -0.126. The summed E-state index contributed by atoms with van der Waals surface area (Å²) >= 11 is 0. The Bertz CT molecular complexity index is 799. The molecule has 4 nitrogen and oxygen atoms in total. The molecule has 2 atom stereocenters. The summed E-state index contributed by atoms with van der Waals surface area (Å²) in [7, 11) is 1.69. The summed E-state index contributed by atoms with van der Waals surface area (Å²) in [4.78, 5) is 12.4. The van der Waals surface area contributed by atoms with Gasteiger partial charge in [0.1, 0.15) is 0 Å². The van der Waals surface area contributed by atoms with Gasteiger partial charge in [-0.3, -0.25) is 4.79 Å². The molecule has 0 bridgehead atoms. The normalized spacial score (nSPS) is 22.7. The molecule has 2 fully saturated rings. The number of methoxy groups -OCH3 is 1. The summed E-state index contributed by atoms with van der Waals surface area (Å²) in [5.74, 6) is 2.08. The minimum absolute atomic E-state index is 0.00227. The lowest BCUT2D eigenvalue weighted by atomic mass is 9.82. The number of benzene rings is 2. The number of rotatable bonds is 6. The molecular weight excluding hydrogens is 350 g/mol. The lowest BCUT2D eigenvalue weighted by Gasteiger charge is -2.30. The third kappa shape index (κ3) is 4.32. The third-order valence-corrected chi connectivity index (χ3v) is 6.04. The molecule has 4 rings (SSSR count). The number of amides is 1. The van der Waals surface area contributed by atoms with Crippen LogP contribution in [0.15, 0.2) is 48.5 Å². The Labute approximate surface area is 167 Å². The Morgan fingerprint density at radius 1 is 1.04 bits per heavy atom. The van der Waals surface area contributed by atoms with E-state index in [0.29, 0.717) is 18.6 Å². The number of carbonyl (C=O) groups excluding carboxylic acids is 1. The first-order valence-corrected chi connectivity index (χ1v) is 10.4. The molecule has 1 aliphatic heterocycles. The number of hydrogen-bond acceptors (Lipinski definition) is 3. The summed E-state index contributed by atoms with van der Waals surface area (Å²) in [5.41, 5.74) is 2.43. The molecule has 4 heteroatoms. The quantitative estimate of drug-likeness (QED) is 0.805. The van der Waals surface area contributed by atoms with Gasteiger partial charge in [0.15, 0.2) is 11.5 Å². The number of hydrogen-bond donors (Lipinski definition) is 1. The van der Waals surface area contributed by atoms with Crippen molar-refractivity contribution in [2.45, 2.75) is 50.5 Å². The minimum Gasteiger partial charge on any atom is -0.493 e. The zero-order valence-corrected chi connectivity index (χ0v) is 16.5. The van der Waals surface area contributed by atoms with Crippen molar-refractivity contribution in [3.63, 3.8) is 0 Å². The van der Waals surface area contributed by atoms with Crippen LogP contribution >= 0.6 is 0 Å². The fourth-order valence-electron chi connectivity index (χ4n) is 4.46. The standard InChI is InChI=1S/C24H29NO3/c1-27-22-12-11-18(15-23(22)28-21-9-5-6-10-21)20-14-19(24(26)25-16-20)13-17-7-3-2-4-8-17/h2-4,7-8,11-12,15,19-21H,5-6,9-10,13-14,16H2,1H3,(H,25,26)/t19?,20-/m1/s1. The van der Waals surface area contributed by atoms with Gasteiger partial charge in [0, 0.05) is 18.4 Å². The Morgan fingerprint density at radius 2 is 1.82 bits per heavy atom. The van der Waals surface area contributed by atoms with E-state index in [1.807, 2.05) is 24.3 Å². The van der Waals surface area contributed by atoms with Crippen LogP contribution in [0.3, 0.4) is 0 Å². The summed E-state index contributed by atoms with van der Waals surface area (Å²) < 4.78 is 11.8. The molecule has 1 N–H and O–H groups in total. The smallest absolute Gasteiger partial charge is 0.223 e. The van der Waals surface area contributed by atoms with Gasteiger partial charge in [0.25, 0.3) is 0 Å². The highest BCUT2D eigenvalue weighted by molar-refractivity contribution is 5.80. The lowest BCUT2D eigenvalue weighted by Crippen LogP contribution is -2.41. The molecule has 148 valence electrons. The molecule has 2 aromatic carbocycles. The van der Waals surface area contributed by atoms with Gasteiger partial charge >= 0.3 is 0 Å². The Balaban J connectivity index is 1.50. The first-order chi connectivity index (χ1) is 13.7. The van der Waals surface area contributed by atoms with Crippen LogP contribution in [0.5, 0.6) is 11.5 Å². The molecule has 2 aliphatic rings. The van der Waals surface area contributed by atoms with E-state index in [1.165, 1.54) is 24.0 Å². The summed E-state index contributed by atoms with van der Waals surface area (Å²) in [5, 5.41) is 3.11. The van der Waals surface area contributed by atoms with Crippen molar-refractivity contribution in [1.82, 2.24) is 5.32 Å². The molecular formula is C24H29NO3. The largest absolute Gasteiger partial charge is 0.493 e. The molecule has 2 aromatic rings. The van der Waals surface area contributed by atoms with Crippen LogP contribution in [0.4, 0.5) is 0 Å². The molecule has 28 heavy (non-hydrogen) atoms. The van der Waals surface area contributed by atoms with Crippen molar-refractivity contribution in [2.75, 3.05) is 13.7 Å². The van der Waals surface area contributed by atoms with Gasteiger partial charge in [-0.15, -0.1) is 0 Å². The fourth-order valence-corrected chi connectivity index (χ4v) is 4.46. The topological polar surface area (TPSA) is 47.6 Å². The molecule has 1 saturated carbocycles. The van der Waals surface area contributed by atoms with E-state index in [4.69, 9.17) is 9.47 Å². The number of piperidine rings is 1. The van der Waals surface area contributed by atoms with E-state index in [9.17, 15) is 4.79 Å². The maximum absolute atomic E-state index is 12.4. The SMILES string of the molecule is COc1ccc([C@H]2CNC(=O)C(Cc3ccccc3)C2)cc1OC1CCCC1. The summed E-state index contributed by atoms with van der Waals surface area (Å²) in [6.45, 7) is 0.680. The first-order valence-electron chi connectivity index (χ1n) is 10.4. The highest BCUT2D eigenvalue weighted by atomic mass is 16.5. The van der Waals surface area contributed by atoms with Gasteiger partial charge in [-0.05, 0) is 61.8 Å². The number of nitrogens with one attached hydrogen (secondary N) is 1. The van der Waals surface area contributed by atoms with Crippen molar-refractivity contribution >= 4 is 5.91 Å². The maximum Gasteiger partial charge on any atom is 0.223 e. The average Bonchev–Trinajstić information content (AvgIpc) is 3.23. The molecule has 1 heterocycles. The van der Waals surface area contributed by atoms with E-state index in [-0.39, 0.29) is 11.8 Å². The minimum atomic E-state index is 0.00227. The summed E-state index contributed by atoms with van der Waals surface area (Å²) in [6, 6.07) is 16.5. The highest BCUT2D eigenvalue weighted by Gasteiger charge is 2.30. The second kappa shape index (κ2) is 8.68. The zero-order valence-electron chi connectivity index (χ0n) is 16.5. The van der Waals surface area contributed by atoms with Crippen molar-refractivity contribution in [3.05, 3.63) is 59.7 Å². The maximum atomic E-state index is 12.4. The van der Waals surface area contributed by atoms with Crippen LogP contribution in [0.2, 0.25) is 0 Å². The van der Waals surface area contributed by atoms with Crippen molar-refractivity contribution in [3.8, 4) is 11.5 Å². The van der Waals surface area contributed by atoms with Crippen molar-refractivity contribution in [2.24, 2.45) is 5.92 Å². The van der Waals surface area contributed by atoms with E-state index >= 15 is 0 Å². The Morgan fingerprint density at radius 3 is 2.57 bits per heavy atom. The van der Waals surface area contributed by atoms with Gasteiger partial charge in [0.05, 0.1) is 13.2 Å². The monoisotopic (exact) mass is 379 g/mol. The van der Waals surface area contributed by atoms with Crippen LogP contribution in [-0.2, 0) is 11.2 Å². The fraction of sp³-hybridized carbons (Fsp3) is 0.458. The predicted molar refractivity (Wildman–Crippen MR) is 110 cm³/mol. The van der Waals surface area contributed by atoms with E-state index in [1.54, 1.807) is 7.11 Å². The van der Waals surface area contributed by atoms with E-state index in [0.717, 1.165) is 37.2 Å². The van der Waals surface area contributed by atoms with Crippen LogP contribution in [0.1, 0.15) is 49.1 Å². The van der Waals surface area contributed by atoms with Crippen molar-refractivity contribution < 1.29 is 14.3 Å². The second-order valence-electron chi connectivity index (χ2n) is 8.00. The number of ether oxygens (including phenoxy) is 2. The van der Waals surface area contributed by atoms with Crippen LogP contribution in [-0.4, -0.2) is 25.7 Å². The molecule has 1 amide bonds. The van der Waals surface area contributed by atoms with Crippen LogP contribution < -0.4 is 14.8 Å². The summed E-state index contributed by atoms with van der Waals surface area (Å²) in [6.07, 6.45) is 6.64. The Hall–Kier alpha value is -2.49. The van der Waals surface area contributed by atoms with E-state index < -0.39 is 0 Å². The average molecular weight is 380 g/mol. The molecule has 0 spiro atoms. The second-order valence-corrected chi connectivity index (χ2v) is 8.00. The van der Waals surface area contributed by atoms with Gasteiger partial charge in [-0.2, -0.15) is 0 Å². The first kappa shape index (κ1) is 18.9. The van der Waals surface area contributed by atoms with Crippen LogP contribution in [0, 0.1) is 5.92 Å².